The fourth-order valence-corrected chi connectivity index (χ4v) is 3.37. The van der Waals surface area contributed by atoms with E-state index < -0.39 is 11.5 Å². The number of likely N-dealkylation sites (tertiary alicyclic amines) is 1. The highest BCUT2D eigenvalue weighted by Crippen LogP contribution is 2.26. The van der Waals surface area contributed by atoms with Crippen LogP contribution in [-0.4, -0.2) is 58.3 Å². The highest BCUT2D eigenvalue weighted by molar-refractivity contribution is 6.11. The molecule has 1 aliphatic rings. The lowest BCUT2D eigenvalue weighted by Gasteiger charge is -2.13. The van der Waals surface area contributed by atoms with Crippen molar-refractivity contribution in [3.63, 3.8) is 0 Å². The summed E-state index contributed by atoms with van der Waals surface area (Å²) in [6.07, 6.45) is 0.265. The number of nitrogens with one attached hydrogen (secondary N) is 2. The second-order valence-electron chi connectivity index (χ2n) is 7.08. The van der Waals surface area contributed by atoms with Gasteiger partial charge >= 0.3 is 0 Å². The number of H-pyrrole nitrogens is 1. The summed E-state index contributed by atoms with van der Waals surface area (Å²) in [5.41, 5.74) is 0.310. The van der Waals surface area contributed by atoms with E-state index in [1.165, 1.54) is 4.90 Å². The van der Waals surface area contributed by atoms with Crippen molar-refractivity contribution in [2.24, 2.45) is 0 Å². The van der Waals surface area contributed by atoms with Crippen LogP contribution in [0.2, 0.25) is 0 Å². The number of benzene rings is 2. The fourth-order valence-electron chi connectivity index (χ4n) is 3.37. The van der Waals surface area contributed by atoms with Gasteiger partial charge in [0.15, 0.2) is 5.69 Å². The van der Waals surface area contributed by atoms with Gasteiger partial charge in [-0.05, 0) is 24.3 Å². The maximum atomic E-state index is 12.7. The third-order valence-corrected chi connectivity index (χ3v) is 5.04. The number of carbonyl (C=O) groups is 2. The van der Waals surface area contributed by atoms with Gasteiger partial charge in [-0.15, -0.1) is 0 Å². The highest BCUT2D eigenvalue weighted by Gasteiger charge is 2.42. The minimum absolute atomic E-state index is 0.245. The van der Waals surface area contributed by atoms with Crippen LogP contribution in [0.4, 0.5) is 5.69 Å². The molecule has 30 heavy (non-hydrogen) atoms. The van der Waals surface area contributed by atoms with E-state index in [1.54, 1.807) is 56.6 Å². The van der Waals surface area contributed by atoms with Gasteiger partial charge in [-0.1, -0.05) is 30.0 Å². The van der Waals surface area contributed by atoms with Crippen molar-refractivity contribution >= 4 is 28.4 Å². The number of ether oxygens (including phenoxy) is 1. The smallest absolute Gasteiger partial charge is 0.276 e. The summed E-state index contributed by atoms with van der Waals surface area (Å²) >= 11 is 0. The van der Waals surface area contributed by atoms with E-state index in [4.69, 9.17) is 4.74 Å². The topological polar surface area (TPSA) is 108 Å². The van der Waals surface area contributed by atoms with Crippen molar-refractivity contribution in [1.82, 2.24) is 15.1 Å². The van der Waals surface area contributed by atoms with Crippen LogP contribution in [0.1, 0.15) is 22.5 Å². The first-order chi connectivity index (χ1) is 14.4. The molecule has 4 rings (SSSR count). The highest BCUT2D eigenvalue weighted by atomic mass is 16.5. The van der Waals surface area contributed by atoms with Crippen LogP contribution in [0.25, 0.3) is 10.9 Å². The van der Waals surface area contributed by atoms with E-state index in [1.807, 2.05) is 0 Å². The van der Waals surface area contributed by atoms with Crippen molar-refractivity contribution in [3.05, 3.63) is 53.7 Å². The summed E-state index contributed by atoms with van der Waals surface area (Å²) in [6, 6.07) is 12.2. The molecule has 1 fully saturated rings. The number of hydrogen-bond acceptors (Lipinski definition) is 5. The molecule has 1 atom stereocenters. The lowest BCUT2D eigenvalue weighted by Crippen LogP contribution is -2.37. The largest absolute Gasteiger partial charge is 0.494 e. The molecule has 0 radical (unpaired) electrons. The maximum Gasteiger partial charge on any atom is 0.276 e. The molecule has 1 aliphatic heterocycles. The molecule has 1 saturated heterocycles. The molecule has 2 aromatic carbocycles. The number of anilines is 1. The number of aliphatic hydroxyl groups is 1. The number of amides is 2. The number of rotatable bonds is 3. The van der Waals surface area contributed by atoms with Crippen molar-refractivity contribution < 1.29 is 19.4 Å². The normalized spacial score (nSPS) is 18.2. The van der Waals surface area contributed by atoms with E-state index in [-0.39, 0.29) is 18.0 Å². The van der Waals surface area contributed by atoms with E-state index in [0.717, 1.165) is 0 Å². The van der Waals surface area contributed by atoms with Gasteiger partial charge in [0, 0.05) is 36.7 Å². The second-order valence-corrected chi connectivity index (χ2v) is 7.08. The Kier molecular flexibility index (Phi) is 4.90. The van der Waals surface area contributed by atoms with E-state index in [2.05, 4.69) is 27.4 Å². The van der Waals surface area contributed by atoms with Crippen LogP contribution < -0.4 is 10.1 Å². The molecule has 8 nitrogen and oxygen atoms in total. The van der Waals surface area contributed by atoms with Crippen LogP contribution in [0.15, 0.2) is 42.5 Å². The van der Waals surface area contributed by atoms with E-state index in [0.29, 0.717) is 34.4 Å². The Balaban J connectivity index is 1.55. The summed E-state index contributed by atoms with van der Waals surface area (Å²) in [4.78, 5) is 26.2. The number of nitrogens with zero attached hydrogens (tertiary/aromatic N) is 2. The van der Waals surface area contributed by atoms with Gasteiger partial charge in [-0.3, -0.25) is 14.7 Å². The van der Waals surface area contributed by atoms with Gasteiger partial charge in [0.05, 0.1) is 7.11 Å². The first-order valence-corrected chi connectivity index (χ1v) is 9.35. The lowest BCUT2D eigenvalue weighted by molar-refractivity contribution is -0.137. The molecule has 0 unspecified atom stereocenters. The predicted molar refractivity (Wildman–Crippen MR) is 111 cm³/mol. The molecule has 0 aliphatic carbocycles. The molecule has 3 N–H and O–H groups in total. The third-order valence-electron chi connectivity index (χ3n) is 5.04. The third kappa shape index (κ3) is 3.47. The zero-order chi connectivity index (χ0) is 21.3. The Morgan fingerprint density at radius 2 is 2.13 bits per heavy atom. The van der Waals surface area contributed by atoms with Crippen LogP contribution in [0.5, 0.6) is 5.75 Å². The molecule has 2 amide bonds. The first kappa shape index (κ1) is 19.5. The standard InChI is InChI=1S/C22H20N4O4/c1-26-12-11-22(29,21(26)28)10-9-14-5-3-6-15(13-14)23-20(27)19-16-7-4-8-17(30-2)18(16)24-25-19/h3-8,13,29H,11-12H2,1-2H3,(H,23,27)(H,24,25)/t22-/m0/s1. The Hall–Kier alpha value is -3.83. The summed E-state index contributed by atoms with van der Waals surface area (Å²) < 4.78 is 5.28. The second kappa shape index (κ2) is 7.54. The van der Waals surface area contributed by atoms with Gasteiger partial charge in [0.1, 0.15) is 11.3 Å². The first-order valence-electron chi connectivity index (χ1n) is 9.35. The summed E-state index contributed by atoms with van der Waals surface area (Å²) in [5.74, 6) is 5.32. The molecule has 152 valence electrons. The van der Waals surface area contributed by atoms with Gasteiger partial charge in [0.25, 0.3) is 11.8 Å². The van der Waals surface area contributed by atoms with Gasteiger partial charge in [-0.2, -0.15) is 5.10 Å². The van der Waals surface area contributed by atoms with Gasteiger partial charge in [-0.25, -0.2) is 0 Å². The summed E-state index contributed by atoms with van der Waals surface area (Å²) in [7, 11) is 3.18. The minimum atomic E-state index is -1.67. The number of aromatic amines is 1. The Morgan fingerprint density at radius 3 is 2.87 bits per heavy atom. The number of likely N-dealkylation sites (N-methyl/N-ethyl adjacent to an activating group) is 1. The molecular weight excluding hydrogens is 384 g/mol. The molecule has 0 saturated carbocycles. The van der Waals surface area contributed by atoms with Crippen molar-refractivity contribution in [1.29, 1.82) is 0 Å². The molecule has 1 aromatic heterocycles. The average molecular weight is 404 g/mol. The Bertz CT molecular complexity index is 1210. The lowest BCUT2D eigenvalue weighted by atomic mass is 10.0. The van der Waals surface area contributed by atoms with Crippen molar-refractivity contribution in [2.45, 2.75) is 12.0 Å². The van der Waals surface area contributed by atoms with Crippen molar-refractivity contribution in [3.8, 4) is 17.6 Å². The zero-order valence-electron chi connectivity index (χ0n) is 16.5. The molecule has 8 heteroatoms. The Morgan fingerprint density at radius 1 is 1.33 bits per heavy atom. The number of fused-ring (bicyclic) bond motifs is 1. The number of carbonyl (C=O) groups excluding carboxylic acids is 2. The number of hydrogen-bond donors (Lipinski definition) is 3. The van der Waals surface area contributed by atoms with Crippen LogP contribution >= 0.6 is 0 Å². The molecule has 0 bridgehead atoms. The molecular formula is C22H20N4O4. The van der Waals surface area contributed by atoms with Crippen LogP contribution in [0, 0.1) is 11.8 Å². The molecule has 3 aromatic rings. The molecule has 2 heterocycles. The average Bonchev–Trinajstić information content (AvgIpc) is 3.30. The summed E-state index contributed by atoms with van der Waals surface area (Å²) in [6.45, 7) is 0.461. The van der Waals surface area contributed by atoms with E-state index >= 15 is 0 Å². The zero-order valence-corrected chi connectivity index (χ0v) is 16.5. The van der Waals surface area contributed by atoms with Gasteiger partial charge in [0.2, 0.25) is 5.60 Å². The predicted octanol–water partition coefficient (Wildman–Crippen LogP) is 1.77. The van der Waals surface area contributed by atoms with E-state index in [9.17, 15) is 14.7 Å². The van der Waals surface area contributed by atoms with Crippen molar-refractivity contribution in [2.75, 3.05) is 26.0 Å². The SMILES string of the molecule is COc1cccc2c(C(=O)Nc3cccc(C#C[C@]4(O)CCN(C)C4=O)c3)n[nH]c12. The number of aromatic nitrogens is 2. The van der Waals surface area contributed by atoms with Crippen LogP contribution in [-0.2, 0) is 4.79 Å². The van der Waals surface area contributed by atoms with Crippen LogP contribution in [0.3, 0.4) is 0 Å². The molecule has 0 spiro atoms. The number of methoxy groups -OCH3 is 1. The number of para-hydroxylation sites is 1. The van der Waals surface area contributed by atoms with Gasteiger partial charge < -0.3 is 20.1 Å². The maximum absolute atomic E-state index is 12.7. The quantitative estimate of drug-likeness (QED) is 0.577. The minimum Gasteiger partial charge on any atom is -0.494 e. The summed E-state index contributed by atoms with van der Waals surface area (Å²) in [5, 5.41) is 20.8. The fraction of sp³-hybridized carbons (Fsp3) is 0.227. The monoisotopic (exact) mass is 404 g/mol. The Labute approximate surface area is 172 Å².